The van der Waals surface area contributed by atoms with E-state index in [1.807, 2.05) is 30.0 Å². The van der Waals surface area contributed by atoms with Crippen LogP contribution < -0.4 is 15.2 Å². The van der Waals surface area contributed by atoms with E-state index in [0.717, 1.165) is 29.2 Å². The highest BCUT2D eigenvalue weighted by Gasteiger charge is 2.19. The highest BCUT2D eigenvalue weighted by molar-refractivity contribution is 7.99. The van der Waals surface area contributed by atoms with Gasteiger partial charge in [-0.3, -0.25) is 0 Å². The van der Waals surface area contributed by atoms with Gasteiger partial charge in [0.25, 0.3) is 0 Å². The number of rotatable bonds is 4. The molecule has 0 spiro atoms. The molecular weight excluding hydrogens is 276 g/mol. The smallest absolute Gasteiger partial charge is 0.222 e. The Hall–Kier alpha value is -1.82. The van der Waals surface area contributed by atoms with Crippen LogP contribution in [0.4, 0.5) is 5.88 Å². The monoisotopic (exact) mass is 292 g/mol. The second-order valence-electron chi connectivity index (χ2n) is 4.58. The van der Waals surface area contributed by atoms with E-state index in [1.165, 1.54) is 0 Å². The number of benzene rings is 1. The molecule has 5 nitrogen and oxygen atoms in total. The van der Waals surface area contributed by atoms with Crippen LogP contribution in [-0.2, 0) is 0 Å². The van der Waals surface area contributed by atoms with Crippen LogP contribution in [0, 0.1) is 0 Å². The molecule has 6 heteroatoms. The first-order chi connectivity index (χ1) is 9.76. The van der Waals surface area contributed by atoms with Crippen LogP contribution in [0.2, 0.25) is 0 Å². The van der Waals surface area contributed by atoms with Crippen molar-refractivity contribution in [1.82, 2.24) is 5.16 Å². The minimum atomic E-state index is 0.266. The zero-order chi connectivity index (χ0) is 13.9. The largest absolute Gasteiger partial charge is 0.493 e. The summed E-state index contributed by atoms with van der Waals surface area (Å²) in [6.07, 6.45) is 1.34. The van der Waals surface area contributed by atoms with Crippen molar-refractivity contribution in [1.29, 1.82) is 0 Å². The van der Waals surface area contributed by atoms with E-state index in [9.17, 15) is 0 Å². The number of nitrogens with two attached hydrogens (primary N) is 1. The molecule has 1 atom stereocenters. The molecule has 1 aromatic heterocycles. The second-order valence-corrected chi connectivity index (χ2v) is 5.73. The maximum Gasteiger partial charge on any atom is 0.222 e. The molecule has 0 saturated carbocycles. The number of aromatic nitrogens is 1. The number of methoxy groups -OCH3 is 1. The fraction of sp³-hybridized carbons (Fsp3) is 0.357. The minimum Gasteiger partial charge on any atom is -0.493 e. The van der Waals surface area contributed by atoms with Gasteiger partial charge >= 0.3 is 0 Å². The number of nitrogen functional groups attached to an aromatic ring is 1. The third kappa shape index (κ3) is 2.70. The van der Waals surface area contributed by atoms with E-state index in [1.54, 1.807) is 13.2 Å². The molecule has 0 amide bonds. The number of hydrogen-bond acceptors (Lipinski definition) is 6. The molecule has 1 aliphatic rings. The van der Waals surface area contributed by atoms with Crippen molar-refractivity contribution < 1.29 is 14.0 Å². The quantitative estimate of drug-likeness (QED) is 0.934. The summed E-state index contributed by atoms with van der Waals surface area (Å²) in [6, 6.07) is 7.40. The normalized spacial score (nSPS) is 18.1. The molecule has 0 bridgehead atoms. The van der Waals surface area contributed by atoms with Gasteiger partial charge < -0.3 is 19.7 Å². The Labute approximate surface area is 121 Å². The predicted molar refractivity (Wildman–Crippen MR) is 79.3 cm³/mol. The van der Waals surface area contributed by atoms with Crippen LogP contribution in [0.25, 0.3) is 11.3 Å². The molecular formula is C14H16N2O3S. The molecule has 0 radical (unpaired) electrons. The van der Waals surface area contributed by atoms with Crippen LogP contribution in [0.5, 0.6) is 11.5 Å². The number of anilines is 1. The topological polar surface area (TPSA) is 70.5 Å². The van der Waals surface area contributed by atoms with Gasteiger partial charge in [-0.25, -0.2) is 0 Å². The van der Waals surface area contributed by atoms with Gasteiger partial charge in [0.1, 0.15) is 11.8 Å². The van der Waals surface area contributed by atoms with E-state index in [4.69, 9.17) is 19.7 Å². The van der Waals surface area contributed by atoms with Crippen LogP contribution in [-0.4, -0.2) is 29.9 Å². The lowest BCUT2D eigenvalue weighted by Gasteiger charge is -2.15. The van der Waals surface area contributed by atoms with Gasteiger partial charge in [-0.15, -0.1) is 0 Å². The van der Waals surface area contributed by atoms with Crippen molar-refractivity contribution in [3.05, 3.63) is 24.3 Å². The van der Waals surface area contributed by atoms with E-state index in [-0.39, 0.29) is 6.10 Å². The van der Waals surface area contributed by atoms with Crippen molar-refractivity contribution in [2.75, 3.05) is 24.3 Å². The molecule has 1 aliphatic heterocycles. The van der Waals surface area contributed by atoms with Gasteiger partial charge in [0.15, 0.2) is 11.5 Å². The van der Waals surface area contributed by atoms with Gasteiger partial charge in [0, 0.05) is 17.4 Å². The van der Waals surface area contributed by atoms with Crippen LogP contribution in [0.1, 0.15) is 6.42 Å². The zero-order valence-electron chi connectivity index (χ0n) is 11.2. The average Bonchev–Trinajstić information content (AvgIpc) is 3.11. The Balaban J connectivity index is 1.85. The van der Waals surface area contributed by atoms with Gasteiger partial charge in [0.2, 0.25) is 5.88 Å². The summed E-state index contributed by atoms with van der Waals surface area (Å²) in [6.45, 7) is 0. The number of nitrogens with zero attached hydrogens (tertiary/aromatic N) is 1. The molecule has 106 valence electrons. The summed E-state index contributed by atoms with van der Waals surface area (Å²) in [5.41, 5.74) is 7.11. The van der Waals surface area contributed by atoms with E-state index in [0.29, 0.717) is 17.3 Å². The summed E-state index contributed by atoms with van der Waals surface area (Å²) < 4.78 is 16.3. The minimum absolute atomic E-state index is 0.266. The van der Waals surface area contributed by atoms with Crippen molar-refractivity contribution >= 4 is 17.6 Å². The lowest BCUT2D eigenvalue weighted by Crippen LogP contribution is -2.15. The summed E-state index contributed by atoms with van der Waals surface area (Å²) in [5.74, 6) is 3.94. The third-order valence-electron chi connectivity index (χ3n) is 3.17. The summed E-state index contributed by atoms with van der Waals surface area (Å²) in [4.78, 5) is 0. The van der Waals surface area contributed by atoms with Crippen LogP contribution >= 0.6 is 11.8 Å². The highest BCUT2D eigenvalue weighted by Crippen LogP contribution is 2.34. The zero-order valence-corrected chi connectivity index (χ0v) is 12.0. The highest BCUT2D eigenvalue weighted by atomic mass is 32.2. The Morgan fingerprint density at radius 2 is 2.25 bits per heavy atom. The Bertz CT molecular complexity index is 594. The molecule has 2 aromatic rings. The van der Waals surface area contributed by atoms with Crippen LogP contribution in [0.15, 0.2) is 28.8 Å². The molecule has 2 heterocycles. The van der Waals surface area contributed by atoms with Gasteiger partial charge in [0.05, 0.1) is 7.11 Å². The first-order valence-corrected chi connectivity index (χ1v) is 7.57. The maximum absolute atomic E-state index is 5.98. The van der Waals surface area contributed by atoms with Crippen LogP contribution in [0.3, 0.4) is 0 Å². The van der Waals surface area contributed by atoms with Crippen molar-refractivity contribution in [2.24, 2.45) is 0 Å². The molecule has 1 fully saturated rings. The lowest BCUT2D eigenvalue weighted by molar-refractivity contribution is 0.218. The molecule has 1 unspecified atom stereocenters. The number of thioether (sulfide) groups is 1. The summed E-state index contributed by atoms with van der Waals surface area (Å²) in [7, 11) is 1.63. The molecule has 3 rings (SSSR count). The van der Waals surface area contributed by atoms with Crippen molar-refractivity contribution in [3.8, 4) is 22.8 Å². The fourth-order valence-corrected chi connectivity index (χ4v) is 3.23. The van der Waals surface area contributed by atoms with Gasteiger partial charge in [-0.1, -0.05) is 5.16 Å². The molecule has 2 N–H and O–H groups in total. The van der Waals surface area contributed by atoms with E-state index < -0.39 is 0 Å². The van der Waals surface area contributed by atoms with Crippen molar-refractivity contribution in [3.63, 3.8) is 0 Å². The Morgan fingerprint density at radius 3 is 2.90 bits per heavy atom. The first kappa shape index (κ1) is 13.2. The molecule has 1 aromatic carbocycles. The summed E-state index contributed by atoms with van der Waals surface area (Å²) >= 11 is 1.92. The first-order valence-electron chi connectivity index (χ1n) is 6.41. The average molecular weight is 292 g/mol. The lowest BCUT2D eigenvalue weighted by atomic mass is 10.1. The maximum atomic E-state index is 5.98. The standard InChI is InChI=1S/C14H16N2O3S/c1-17-13-6-9(11-7-14(15)19-16-11)2-3-12(13)18-10-4-5-20-8-10/h2-3,6-7,10H,4-5,8,15H2,1H3. The molecule has 1 saturated heterocycles. The number of ether oxygens (including phenoxy) is 2. The summed E-state index contributed by atoms with van der Waals surface area (Å²) in [5, 5.41) is 3.89. The van der Waals surface area contributed by atoms with E-state index >= 15 is 0 Å². The number of hydrogen-bond donors (Lipinski definition) is 1. The third-order valence-corrected chi connectivity index (χ3v) is 4.30. The van der Waals surface area contributed by atoms with E-state index in [2.05, 4.69) is 5.16 Å². The fourth-order valence-electron chi connectivity index (χ4n) is 2.14. The SMILES string of the molecule is COc1cc(-c2cc(N)on2)ccc1OC1CCSC1. The molecule has 20 heavy (non-hydrogen) atoms. The van der Waals surface area contributed by atoms with Gasteiger partial charge in [-0.05, 0) is 30.4 Å². The van der Waals surface area contributed by atoms with Gasteiger partial charge in [-0.2, -0.15) is 11.8 Å². The Kier molecular flexibility index (Phi) is 3.73. The predicted octanol–water partition coefficient (Wildman–Crippen LogP) is 2.82. The Morgan fingerprint density at radius 1 is 1.35 bits per heavy atom. The second kappa shape index (κ2) is 5.66. The molecule has 0 aliphatic carbocycles. The van der Waals surface area contributed by atoms with Crippen molar-refractivity contribution in [2.45, 2.75) is 12.5 Å².